The molecule has 5 aliphatic rings. The Labute approximate surface area is 301 Å². The lowest BCUT2D eigenvalue weighted by molar-refractivity contribution is -0.133. The average Bonchev–Trinajstić information content (AvgIpc) is 3.05. The van der Waals surface area contributed by atoms with Crippen LogP contribution in [0.5, 0.6) is 0 Å². The van der Waals surface area contributed by atoms with Crippen molar-refractivity contribution in [1.82, 2.24) is 20.0 Å². The molecular formula is C34H38Cl4N4O6. The summed E-state index contributed by atoms with van der Waals surface area (Å²) >= 11 is 13.1. The quantitative estimate of drug-likeness (QED) is 0.301. The second-order valence-electron chi connectivity index (χ2n) is 12.4. The van der Waals surface area contributed by atoms with Crippen molar-refractivity contribution in [3.63, 3.8) is 0 Å². The maximum Gasteiger partial charge on any atom is 0.334 e. The molecule has 0 spiro atoms. The van der Waals surface area contributed by atoms with Gasteiger partial charge in [-0.2, -0.15) is 0 Å². The number of piperidine rings is 3. The Hall–Kier alpha value is -3.12. The molecule has 2 bridgehead atoms. The van der Waals surface area contributed by atoms with Gasteiger partial charge in [-0.15, -0.1) is 24.8 Å². The smallest absolute Gasteiger partial charge is 0.334 e. The lowest BCUT2D eigenvalue weighted by Crippen LogP contribution is -2.61. The van der Waals surface area contributed by atoms with Crippen molar-refractivity contribution >= 4 is 71.6 Å². The van der Waals surface area contributed by atoms with Crippen LogP contribution in [0.2, 0.25) is 10.0 Å². The number of carboxylic acids is 2. The molecule has 258 valence electrons. The summed E-state index contributed by atoms with van der Waals surface area (Å²) in [6, 6.07) is 13.5. The van der Waals surface area contributed by atoms with Gasteiger partial charge in [-0.05, 0) is 44.0 Å². The van der Waals surface area contributed by atoms with Crippen LogP contribution in [0.15, 0.2) is 71.1 Å². The second-order valence-corrected chi connectivity index (χ2v) is 13.2. The van der Waals surface area contributed by atoms with E-state index in [1.807, 2.05) is 0 Å². The molecule has 3 N–H and O–H groups in total. The van der Waals surface area contributed by atoms with E-state index in [9.17, 15) is 29.4 Å². The third-order valence-electron chi connectivity index (χ3n) is 9.80. The van der Waals surface area contributed by atoms with Gasteiger partial charge in [0.1, 0.15) is 0 Å². The second kappa shape index (κ2) is 16.1. The number of nitrogens with one attached hydrogen (secondary N) is 1. The molecule has 2 atom stereocenters. The van der Waals surface area contributed by atoms with E-state index in [1.165, 1.54) is 25.0 Å². The fraction of sp³-hybridized carbons (Fsp3) is 0.412. The zero-order chi connectivity index (χ0) is 32.5. The van der Waals surface area contributed by atoms with Gasteiger partial charge < -0.3 is 25.3 Å². The van der Waals surface area contributed by atoms with Crippen LogP contribution in [-0.2, 0) is 14.4 Å². The van der Waals surface area contributed by atoms with Crippen molar-refractivity contribution in [2.75, 3.05) is 45.8 Å². The van der Waals surface area contributed by atoms with Gasteiger partial charge in [0.25, 0.3) is 0 Å². The number of halogens is 4. The normalized spacial score (nSPS) is 23.9. The summed E-state index contributed by atoms with van der Waals surface area (Å²) in [7, 11) is 0. The minimum Gasteiger partial charge on any atom is -0.478 e. The predicted molar refractivity (Wildman–Crippen MR) is 187 cm³/mol. The number of hydrogen-bond donors (Lipinski definition) is 3. The number of fused-ring (bicyclic) bond motifs is 3. The zero-order valence-electron chi connectivity index (χ0n) is 26.1. The van der Waals surface area contributed by atoms with Crippen molar-refractivity contribution in [2.24, 2.45) is 5.92 Å². The van der Waals surface area contributed by atoms with Crippen LogP contribution < -0.4 is 5.32 Å². The van der Waals surface area contributed by atoms with E-state index in [0.717, 1.165) is 32.7 Å². The number of hydrogen-bond acceptors (Lipinski definition) is 7. The van der Waals surface area contributed by atoms with E-state index in [2.05, 4.69) is 15.1 Å². The van der Waals surface area contributed by atoms with Gasteiger partial charge in [0.2, 0.25) is 5.91 Å². The summed E-state index contributed by atoms with van der Waals surface area (Å²) < 4.78 is 0. The van der Waals surface area contributed by atoms with Gasteiger partial charge in [-0.25, -0.2) is 9.59 Å². The molecule has 10 nitrogen and oxygen atoms in total. The van der Waals surface area contributed by atoms with Crippen LogP contribution in [-0.4, -0.2) is 100 Å². The van der Waals surface area contributed by atoms with Crippen LogP contribution in [0.3, 0.4) is 0 Å². The first-order valence-corrected chi connectivity index (χ1v) is 16.3. The lowest BCUT2D eigenvalue weighted by Gasteiger charge is -2.51. The number of rotatable bonds is 9. The molecule has 4 saturated heterocycles. The van der Waals surface area contributed by atoms with Gasteiger partial charge in [0.15, 0.2) is 5.78 Å². The molecule has 48 heavy (non-hydrogen) atoms. The number of aliphatic carboxylic acids is 2. The highest BCUT2D eigenvalue weighted by molar-refractivity contribution is 6.36. The molecule has 14 heteroatoms. The number of Topliss-reactive ketones (excluding diaryl/α,β-unsaturated/α-hetero) is 1. The maximum atomic E-state index is 13.8. The SMILES string of the molecule is Cl.Cl.O=C(O)C1=C(CC(=O)c2ccccc2)NC(CC(=O)N2CCN(C3CN4CCC3CC4)CC2)=C(C(=O)O)C1c1c(Cl)cccc1Cl. The monoisotopic (exact) mass is 738 g/mol. The molecule has 5 aliphatic heterocycles. The Morgan fingerprint density at radius 1 is 0.750 bits per heavy atom. The van der Waals surface area contributed by atoms with E-state index in [-0.39, 0.29) is 87.5 Å². The number of dihydropyridines is 1. The molecule has 0 saturated carbocycles. The molecular weight excluding hydrogens is 702 g/mol. The molecule has 2 unspecified atom stereocenters. The fourth-order valence-electron chi connectivity index (χ4n) is 7.47. The van der Waals surface area contributed by atoms with Gasteiger partial charge in [0.05, 0.1) is 29.9 Å². The first-order valence-electron chi connectivity index (χ1n) is 15.6. The number of nitrogens with zero attached hydrogens (tertiary/aromatic N) is 3. The molecule has 4 fully saturated rings. The highest BCUT2D eigenvalue weighted by atomic mass is 35.5. The summed E-state index contributed by atoms with van der Waals surface area (Å²) in [5.74, 6) is -4.27. The Bertz CT molecular complexity index is 1600. The minimum atomic E-state index is -1.44. The first kappa shape index (κ1) is 37.7. The molecule has 0 aromatic heterocycles. The Balaban J connectivity index is 0.00000260. The standard InChI is InChI=1S/C34H36Cl2N4O6.2ClH/c35-22-7-4-8-23(36)29(22)32-30(33(43)44)24(17-27(41)21-5-2-1-3-6-21)37-25(31(32)34(45)46)18-28(42)40-15-13-39(14-16-40)26-19-38-11-9-20(26)10-12-38;;/h1-8,20,26,32,37H,9-19H2,(H,43,44)(H,45,46);2*1H. The number of piperazine rings is 1. The number of carboxylic acid groups (broad SMARTS) is 2. The van der Waals surface area contributed by atoms with Crippen molar-refractivity contribution in [3.05, 3.63) is 92.2 Å². The third kappa shape index (κ3) is 7.69. The van der Waals surface area contributed by atoms with Crippen LogP contribution in [0.4, 0.5) is 0 Å². The van der Waals surface area contributed by atoms with E-state index >= 15 is 0 Å². The van der Waals surface area contributed by atoms with Crippen LogP contribution in [0, 0.1) is 5.92 Å². The molecule has 0 radical (unpaired) electrons. The Morgan fingerprint density at radius 3 is 1.83 bits per heavy atom. The highest BCUT2D eigenvalue weighted by Gasteiger charge is 2.42. The molecule has 5 heterocycles. The number of allylic oxidation sites excluding steroid dienone is 1. The van der Waals surface area contributed by atoms with Crippen LogP contribution in [0.25, 0.3) is 0 Å². The summed E-state index contributed by atoms with van der Waals surface area (Å²) in [5, 5.41) is 24.0. The first-order chi connectivity index (χ1) is 22.1. The van der Waals surface area contributed by atoms with E-state index in [4.69, 9.17) is 23.2 Å². The van der Waals surface area contributed by atoms with E-state index < -0.39 is 17.9 Å². The van der Waals surface area contributed by atoms with Crippen LogP contribution >= 0.6 is 48.0 Å². The Kier molecular flexibility index (Phi) is 12.6. The van der Waals surface area contributed by atoms with Crippen molar-refractivity contribution < 1.29 is 29.4 Å². The molecule has 1 amide bonds. The summed E-state index contributed by atoms with van der Waals surface area (Å²) in [6.45, 7) is 5.86. The maximum absolute atomic E-state index is 13.8. The van der Waals surface area contributed by atoms with Gasteiger partial charge in [0, 0.05) is 71.3 Å². The van der Waals surface area contributed by atoms with Crippen LogP contribution in [0.1, 0.15) is 47.5 Å². The molecule has 2 aromatic rings. The number of benzene rings is 2. The van der Waals surface area contributed by atoms with E-state index in [0.29, 0.717) is 30.6 Å². The minimum absolute atomic E-state index is 0. The molecule has 2 aromatic carbocycles. The van der Waals surface area contributed by atoms with Crippen molar-refractivity contribution in [3.8, 4) is 0 Å². The summed E-state index contributed by atoms with van der Waals surface area (Å²) in [5.41, 5.74) is -0.258. The third-order valence-corrected chi connectivity index (χ3v) is 10.5. The average molecular weight is 741 g/mol. The summed E-state index contributed by atoms with van der Waals surface area (Å²) in [6.07, 6.45) is 1.72. The predicted octanol–water partition coefficient (Wildman–Crippen LogP) is 5.10. The van der Waals surface area contributed by atoms with Gasteiger partial charge in [-0.3, -0.25) is 14.5 Å². The lowest BCUT2D eigenvalue weighted by atomic mass is 9.78. The number of amides is 1. The van der Waals surface area contributed by atoms with Gasteiger partial charge >= 0.3 is 11.9 Å². The van der Waals surface area contributed by atoms with Crippen molar-refractivity contribution in [1.29, 1.82) is 0 Å². The van der Waals surface area contributed by atoms with E-state index in [1.54, 1.807) is 41.3 Å². The largest absolute Gasteiger partial charge is 0.478 e. The summed E-state index contributed by atoms with van der Waals surface area (Å²) in [4.78, 5) is 59.6. The highest BCUT2D eigenvalue weighted by Crippen LogP contribution is 2.45. The van der Waals surface area contributed by atoms with Gasteiger partial charge in [-0.1, -0.05) is 59.6 Å². The number of ketones is 1. The zero-order valence-corrected chi connectivity index (χ0v) is 29.2. The topological polar surface area (TPSA) is 130 Å². The fourth-order valence-corrected chi connectivity index (χ4v) is 8.08. The number of carbonyl (C=O) groups is 4. The molecule has 0 aliphatic carbocycles. The van der Waals surface area contributed by atoms with Crippen molar-refractivity contribution in [2.45, 2.75) is 37.6 Å². The number of carbonyl (C=O) groups excluding carboxylic acids is 2. The molecule has 7 rings (SSSR count). The Morgan fingerprint density at radius 2 is 1.31 bits per heavy atom.